The largest absolute Gasteiger partial charge is 0.376 e. The van der Waals surface area contributed by atoms with Crippen molar-refractivity contribution in [3.05, 3.63) is 63.6 Å². The maximum absolute atomic E-state index is 13.2. The number of benzene rings is 2. The maximum Gasteiger partial charge on any atom is 0.252 e. The Kier molecular flexibility index (Phi) is 5.67. The van der Waals surface area contributed by atoms with Crippen LogP contribution in [0.2, 0.25) is 5.02 Å². The molecule has 0 aliphatic carbocycles. The molecule has 4 nitrogen and oxygen atoms in total. The molecule has 1 aliphatic rings. The fraction of sp³-hybridized carbons (Fsp3) is 0.273. The van der Waals surface area contributed by atoms with E-state index in [2.05, 4.69) is 21.2 Å². The molecule has 0 saturated carbocycles. The second-order valence-corrected chi connectivity index (χ2v) is 8.33. The van der Waals surface area contributed by atoms with Crippen molar-refractivity contribution < 1.29 is 9.53 Å². The van der Waals surface area contributed by atoms with Crippen LogP contribution in [0.25, 0.3) is 22.2 Å². The number of halogens is 2. The van der Waals surface area contributed by atoms with Gasteiger partial charge in [0.2, 0.25) is 0 Å². The summed E-state index contributed by atoms with van der Waals surface area (Å²) in [5, 5.41) is 4.50. The molecule has 144 valence electrons. The number of carbonyl (C=O) groups is 1. The summed E-state index contributed by atoms with van der Waals surface area (Å²) in [7, 11) is 0. The molecule has 1 saturated heterocycles. The fourth-order valence-electron chi connectivity index (χ4n) is 3.57. The topological polar surface area (TPSA) is 51.2 Å². The van der Waals surface area contributed by atoms with Crippen LogP contribution in [-0.4, -0.2) is 29.6 Å². The first-order valence-electron chi connectivity index (χ1n) is 9.30. The quantitative estimate of drug-likeness (QED) is 0.551. The molecule has 1 aliphatic heterocycles. The zero-order valence-electron chi connectivity index (χ0n) is 15.4. The van der Waals surface area contributed by atoms with Crippen LogP contribution in [0.15, 0.2) is 53.0 Å². The molecular weight excluding hydrogens is 440 g/mol. The van der Waals surface area contributed by atoms with E-state index in [1.165, 1.54) is 0 Å². The molecule has 1 fully saturated rings. The summed E-state index contributed by atoms with van der Waals surface area (Å²) < 4.78 is 6.61. The van der Waals surface area contributed by atoms with Crippen molar-refractivity contribution in [1.82, 2.24) is 10.3 Å². The zero-order valence-corrected chi connectivity index (χ0v) is 17.8. The standard InChI is InChI=1S/C22H20BrClN2O2/c1-13(21-7-4-10-28-21)25-22(27)17-12-20(15-5-2-3-6-18(15)24)26-19-9-8-14(23)11-16(17)19/h2-3,5-6,8-9,11-13,21H,4,7,10H2,1H3,(H,25,27)/t13-,21-/m0/s1. The number of nitrogens with one attached hydrogen (secondary N) is 1. The number of fused-ring (bicyclic) bond motifs is 1. The average molecular weight is 460 g/mol. The van der Waals surface area contributed by atoms with E-state index >= 15 is 0 Å². The molecule has 2 heterocycles. The van der Waals surface area contributed by atoms with Crippen LogP contribution in [0.4, 0.5) is 0 Å². The molecule has 0 radical (unpaired) electrons. The van der Waals surface area contributed by atoms with E-state index in [4.69, 9.17) is 21.3 Å². The van der Waals surface area contributed by atoms with Crippen molar-refractivity contribution in [2.24, 2.45) is 0 Å². The number of carbonyl (C=O) groups excluding carboxylic acids is 1. The molecule has 0 bridgehead atoms. The number of rotatable bonds is 4. The fourth-order valence-corrected chi connectivity index (χ4v) is 4.16. The minimum absolute atomic E-state index is 0.0610. The number of hydrogen-bond acceptors (Lipinski definition) is 3. The number of aromatic nitrogens is 1. The monoisotopic (exact) mass is 458 g/mol. The minimum Gasteiger partial charge on any atom is -0.376 e. The van der Waals surface area contributed by atoms with E-state index < -0.39 is 0 Å². The molecule has 0 spiro atoms. The Morgan fingerprint density at radius 3 is 2.86 bits per heavy atom. The van der Waals surface area contributed by atoms with E-state index in [1.807, 2.05) is 55.5 Å². The van der Waals surface area contributed by atoms with Gasteiger partial charge in [0, 0.05) is 27.1 Å². The molecule has 1 N–H and O–H groups in total. The van der Waals surface area contributed by atoms with Crippen LogP contribution >= 0.6 is 27.5 Å². The summed E-state index contributed by atoms with van der Waals surface area (Å²) >= 11 is 9.87. The molecule has 2 aromatic carbocycles. The predicted octanol–water partition coefficient (Wildman–Crippen LogP) is 5.62. The van der Waals surface area contributed by atoms with Crippen molar-refractivity contribution >= 4 is 44.3 Å². The second kappa shape index (κ2) is 8.19. The van der Waals surface area contributed by atoms with Gasteiger partial charge in [-0.25, -0.2) is 4.98 Å². The van der Waals surface area contributed by atoms with Gasteiger partial charge in [-0.05, 0) is 50.1 Å². The lowest BCUT2D eigenvalue weighted by atomic mass is 10.0. The number of hydrogen-bond donors (Lipinski definition) is 1. The molecule has 4 rings (SSSR count). The highest BCUT2D eigenvalue weighted by molar-refractivity contribution is 9.10. The summed E-state index contributed by atoms with van der Waals surface area (Å²) in [5.74, 6) is -0.137. The summed E-state index contributed by atoms with van der Waals surface area (Å²) in [4.78, 5) is 17.9. The van der Waals surface area contributed by atoms with Gasteiger partial charge in [-0.3, -0.25) is 4.79 Å². The lowest BCUT2D eigenvalue weighted by Crippen LogP contribution is -2.40. The first-order chi connectivity index (χ1) is 13.5. The maximum atomic E-state index is 13.2. The Balaban J connectivity index is 1.77. The molecule has 3 aromatic rings. The highest BCUT2D eigenvalue weighted by Crippen LogP contribution is 2.31. The lowest BCUT2D eigenvalue weighted by molar-refractivity contribution is 0.0713. The third-order valence-corrected chi connectivity index (χ3v) is 5.87. The second-order valence-electron chi connectivity index (χ2n) is 7.01. The van der Waals surface area contributed by atoms with Gasteiger partial charge < -0.3 is 10.1 Å². The number of amides is 1. The average Bonchev–Trinajstić information content (AvgIpc) is 3.22. The highest BCUT2D eigenvalue weighted by atomic mass is 79.9. The van der Waals surface area contributed by atoms with Crippen molar-refractivity contribution in [3.63, 3.8) is 0 Å². The van der Waals surface area contributed by atoms with Crippen molar-refractivity contribution in [2.45, 2.75) is 31.9 Å². The van der Waals surface area contributed by atoms with E-state index in [1.54, 1.807) is 0 Å². The first kappa shape index (κ1) is 19.4. The smallest absolute Gasteiger partial charge is 0.252 e. The molecular formula is C22H20BrClN2O2. The van der Waals surface area contributed by atoms with Gasteiger partial charge >= 0.3 is 0 Å². The Bertz CT molecular complexity index is 1030. The summed E-state index contributed by atoms with van der Waals surface area (Å²) in [6.45, 7) is 2.74. The van der Waals surface area contributed by atoms with Crippen LogP contribution in [0.5, 0.6) is 0 Å². The highest BCUT2D eigenvalue weighted by Gasteiger charge is 2.25. The van der Waals surface area contributed by atoms with Gasteiger partial charge in [0.25, 0.3) is 5.91 Å². The number of pyridine rings is 1. The van der Waals surface area contributed by atoms with E-state index in [9.17, 15) is 4.79 Å². The summed E-state index contributed by atoms with van der Waals surface area (Å²) in [6.07, 6.45) is 2.06. The first-order valence-corrected chi connectivity index (χ1v) is 10.5. The third-order valence-electron chi connectivity index (χ3n) is 5.05. The Morgan fingerprint density at radius 1 is 1.29 bits per heavy atom. The van der Waals surface area contributed by atoms with Gasteiger partial charge in [-0.1, -0.05) is 45.7 Å². The van der Waals surface area contributed by atoms with E-state index in [-0.39, 0.29) is 18.1 Å². The van der Waals surface area contributed by atoms with E-state index in [0.717, 1.165) is 40.4 Å². The normalized spacial score (nSPS) is 17.6. The third kappa shape index (κ3) is 3.93. The molecule has 1 aromatic heterocycles. The van der Waals surface area contributed by atoms with Crippen molar-refractivity contribution in [3.8, 4) is 11.3 Å². The minimum atomic E-state index is -0.137. The van der Waals surface area contributed by atoms with Crippen molar-refractivity contribution in [1.29, 1.82) is 0 Å². The summed E-state index contributed by atoms with van der Waals surface area (Å²) in [5.41, 5.74) is 2.80. The molecule has 1 amide bonds. The van der Waals surface area contributed by atoms with Crippen LogP contribution in [0.1, 0.15) is 30.1 Å². The zero-order chi connectivity index (χ0) is 19.7. The Hall–Kier alpha value is -1.95. The molecule has 0 unspecified atom stereocenters. The number of nitrogens with zero attached hydrogens (tertiary/aromatic N) is 1. The lowest BCUT2D eigenvalue weighted by Gasteiger charge is -2.20. The Morgan fingerprint density at radius 2 is 2.11 bits per heavy atom. The van der Waals surface area contributed by atoms with Gasteiger partial charge in [-0.2, -0.15) is 0 Å². The molecule has 2 atom stereocenters. The predicted molar refractivity (Wildman–Crippen MR) is 116 cm³/mol. The summed E-state index contributed by atoms with van der Waals surface area (Å²) in [6, 6.07) is 15.0. The van der Waals surface area contributed by atoms with Gasteiger partial charge in [-0.15, -0.1) is 0 Å². The van der Waals surface area contributed by atoms with Gasteiger partial charge in [0.15, 0.2) is 0 Å². The molecule has 28 heavy (non-hydrogen) atoms. The molecule has 6 heteroatoms. The van der Waals surface area contributed by atoms with Crippen LogP contribution in [0.3, 0.4) is 0 Å². The van der Waals surface area contributed by atoms with Crippen LogP contribution in [0, 0.1) is 0 Å². The SMILES string of the molecule is C[C@H](NC(=O)c1cc(-c2ccccc2Cl)nc2ccc(Br)cc12)[C@@H]1CCCO1. The number of ether oxygens (including phenoxy) is 1. The van der Waals surface area contributed by atoms with Crippen LogP contribution in [-0.2, 0) is 4.74 Å². The van der Waals surface area contributed by atoms with Gasteiger partial charge in [0.1, 0.15) is 0 Å². The van der Waals surface area contributed by atoms with Crippen LogP contribution < -0.4 is 5.32 Å². The van der Waals surface area contributed by atoms with Crippen molar-refractivity contribution in [2.75, 3.05) is 6.61 Å². The van der Waals surface area contributed by atoms with E-state index in [0.29, 0.717) is 16.3 Å². The Labute approximate surface area is 177 Å². The van der Waals surface area contributed by atoms with Gasteiger partial charge in [0.05, 0.1) is 28.9 Å².